The molecule has 0 amide bonds. The van der Waals surface area contributed by atoms with Gasteiger partial charge in [-0.1, -0.05) is 27.5 Å². The van der Waals surface area contributed by atoms with Crippen LogP contribution in [-0.4, -0.2) is 12.6 Å². The van der Waals surface area contributed by atoms with E-state index in [1.54, 1.807) is 19.1 Å². The van der Waals surface area contributed by atoms with E-state index in [0.717, 1.165) is 4.47 Å². The quantitative estimate of drug-likeness (QED) is 0.436. The van der Waals surface area contributed by atoms with Crippen LogP contribution in [0.5, 0.6) is 0 Å². The van der Waals surface area contributed by atoms with Gasteiger partial charge in [-0.3, -0.25) is 0 Å². The Morgan fingerprint density at radius 3 is 2.86 bits per heavy atom. The lowest BCUT2D eigenvalue weighted by atomic mass is 10.2. The second-order valence-corrected chi connectivity index (χ2v) is 4.87. The Labute approximate surface area is 109 Å². The molecule has 0 saturated carbocycles. The first kappa shape index (κ1) is 12.3. The van der Waals surface area contributed by atoms with Crippen molar-refractivity contribution in [3.63, 3.8) is 0 Å². The van der Waals surface area contributed by atoms with Crippen molar-refractivity contribution in [3.05, 3.63) is 30.8 Å². The standard InChI is InChI=1S/C9H7BrClIO2/c1-2-14-9(13)6-3-5(10)4-7(11)8(6)12/h3-4H,2H2,1H3. The molecule has 0 aromatic heterocycles. The summed E-state index contributed by atoms with van der Waals surface area (Å²) in [5, 5.41) is 0.544. The second-order valence-electron chi connectivity index (χ2n) is 2.47. The molecule has 0 N–H and O–H groups in total. The zero-order chi connectivity index (χ0) is 10.7. The summed E-state index contributed by atoms with van der Waals surface area (Å²) in [6.45, 7) is 2.13. The van der Waals surface area contributed by atoms with Crippen LogP contribution in [0.15, 0.2) is 16.6 Å². The van der Waals surface area contributed by atoms with Gasteiger partial charge in [0.05, 0.1) is 17.2 Å². The smallest absolute Gasteiger partial charge is 0.339 e. The number of carbonyl (C=O) groups excluding carboxylic acids is 1. The van der Waals surface area contributed by atoms with Crippen LogP contribution >= 0.6 is 50.1 Å². The van der Waals surface area contributed by atoms with E-state index in [0.29, 0.717) is 20.8 Å². The molecule has 1 aromatic carbocycles. The predicted octanol–water partition coefficient (Wildman–Crippen LogP) is 3.88. The molecule has 5 heteroatoms. The van der Waals surface area contributed by atoms with Crippen molar-refractivity contribution in [2.45, 2.75) is 6.92 Å². The third-order valence-corrected chi connectivity index (χ3v) is 3.73. The van der Waals surface area contributed by atoms with Crippen LogP contribution in [-0.2, 0) is 4.74 Å². The van der Waals surface area contributed by atoms with E-state index in [2.05, 4.69) is 15.9 Å². The molecule has 14 heavy (non-hydrogen) atoms. The Morgan fingerprint density at radius 1 is 1.64 bits per heavy atom. The van der Waals surface area contributed by atoms with Gasteiger partial charge in [-0.15, -0.1) is 0 Å². The van der Waals surface area contributed by atoms with Gasteiger partial charge in [0.25, 0.3) is 0 Å². The highest BCUT2D eigenvalue weighted by atomic mass is 127. The van der Waals surface area contributed by atoms with Crippen LogP contribution in [0.2, 0.25) is 5.02 Å². The van der Waals surface area contributed by atoms with Gasteiger partial charge >= 0.3 is 5.97 Å². The lowest BCUT2D eigenvalue weighted by Crippen LogP contribution is -2.07. The molecule has 1 aromatic rings. The first-order chi connectivity index (χ1) is 6.56. The lowest BCUT2D eigenvalue weighted by molar-refractivity contribution is 0.0525. The fraction of sp³-hybridized carbons (Fsp3) is 0.222. The summed E-state index contributed by atoms with van der Waals surface area (Å²) < 4.78 is 6.38. The molecule has 0 heterocycles. The maximum Gasteiger partial charge on any atom is 0.339 e. The molecule has 2 nitrogen and oxygen atoms in total. The van der Waals surface area contributed by atoms with E-state index >= 15 is 0 Å². The molecule has 1 rings (SSSR count). The largest absolute Gasteiger partial charge is 0.462 e. The summed E-state index contributed by atoms with van der Waals surface area (Å²) in [5.41, 5.74) is 0.492. The van der Waals surface area contributed by atoms with Gasteiger partial charge in [0.1, 0.15) is 0 Å². The predicted molar refractivity (Wildman–Crippen MR) is 67.8 cm³/mol. The van der Waals surface area contributed by atoms with Gasteiger partial charge in [-0.25, -0.2) is 4.79 Å². The lowest BCUT2D eigenvalue weighted by Gasteiger charge is -2.06. The number of hydrogen-bond donors (Lipinski definition) is 0. The zero-order valence-electron chi connectivity index (χ0n) is 7.31. The Hall–Kier alpha value is 0.190. The van der Waals surface area contributed by atoms with Crippen molar-refractivity contribution in [2.75, 3.05) is 6.61 Å². The maximum atomic E-state index is 11.5. The van der Waals surface area contributed by atoms with E-state index in [4.69, 9.17) is 16.3 Å². The highest BCUT2D eigenvalue weighted by molar-refractivity contribution is 14.1. The number of benzene rings is 1. The average Bonchev–Trinajstić information content (AvgIpc) is 2.11. The van der Waals surface area contributed by atoms with E-state index < -0.39 is 0 Å². The molecule has 0 saturated heterocycles. The number of esters is 1. The van der Waals surface area contributed by atoms with Crippen molar-refractivity contribution in [1.29, 1.82) is 0 Å². The number of halogens is 3. The fourth-order valence-corrected chi connectivity index (χ4v) is 2.25. The molecule has 0 spiro atoms. The Kier molecular flexibility index (Phi) is 4.66. The summed E-state index contributed by atoms with van der Waals surface area (Å²) in [7, 11) is 0. The summed E-state index contributed by atoms with van der Waals surface area (Å²) in [5.74, 6) is -0.347. The fourth-order valence-electron chi connectivity index (χ4n) is 0.913. The average molecular weight is 389 g/mol. The molecule has 0 radical (unpaired) electrons. The first-order valence-electron chi connectivity index (χ1n) is 3.88. The summed E-state index contributed by atoms with van der Waals surface area (Å²) in [4.78, 5) is 11.5. The van der Waals surface area contributed by atoms with Crippen molar-refractivity contribution >= 4 is 56.1 Å². The minimum absolute atomic E-state index is 0.347. The van der Waals surface area contributed by atoms with Crippen LogP contribution in [0.4, 0.5) is 0 Å². The van der Waals surface area contributed by atoms with Gasteiger partial charge in [-0.05, 0) is 41.6 Å². The SMILES string of the molecule is CCOC(=O)c1cc(Br)cc(Cl)c1I. The minimum atomic E-state index is -0.347. The van der Waals surface area contributed by atoms with E-state index in [9.17, 15) is 4.79 Å². The number of carbonyl (C=O) groups is 1. The highest BCUT2D eigenvalue weighted by Gasteiger charge is 2.14. The van der Waals surface area contributed by atoms with Gasteiger partial charge < -0.3 is 4.74 Å². The molecule has 76 valence electrons. The van der Waals surface area contributed by atoms with Crippen molar-refractivity contribution < 1.29 is 9.53 Å². The molecule has 0 unspecified atom stereocenters. The minimum Gasteiger partial charge on any atom is -0.462 e. The molecule has 0 atom stereocenters. The van der Waals surface area contributed by atoms with Crippen LogP contribution in [0.3, 0.4) is 0 Å². The van der Waals surface area contributed by atoms with Crippen molar-refractivity contribution in [3.8, 4) is 0 Å². The molecule has 0 bridgehead atoms. The monoisotopic (exact) mass is 388 g/mol. The highest BCUT2D eigenvalue weighted by Crippen LogP contribution is 2.27. The van der Waals surface area contributed by atoms with Crippen molar-refractivity contribution in [1.82, 2.24) is 0 Å². The number of rotatable bonds is 2. The van der Waals surface area contributed by atoms with Crippen LogP contribution in [0.1, 0.15) is 17.3 Å². The molecule has 0 fully saturated rings. The van der Waals surface area contributed by atoms with Crippen LogP contribution in [0.25, 0.3) is 0 Å². The molecular formula is C9H7BrClIO2. The van der Waals surface area contributed by atoms with Gasteiger partial charge in [0.15, 0.2) is 0 Å². The molecule has 0 aliphatic rings. The normalized spacial score (nSPS) is 10.0. The number of ether oxygens (including phenoxy) is 1. The summed E-state index contributed by atoms with van der Waals surface area (Å²) >= 11 is 11.2. The van der Waals surface area contributed by atoms with Gasteiger partial charge in [0, 0.05) is 8.04 Å². The second kappa shape index (κ2) is 5.32. The third-order valence-electron chi connectivity index (χ3n) is 1.49. The maximum absolute atomic E-state index is 11.5. The van der Waals surface area contributed by atoms with E-state index in [1.807, 2.05) is 22.6 Å². The molecular weight excluding hydrogens is 382 g/mol. The van der Waals surface area contributed by atoms with E-state index in [1.165, 1.54) is 0 Å². The topological polar surface area (TPSA) is 26.3 Å². The van der Waals surface area contributed by atoms with Gasteiger partial charge in [0.2, 0.25) is 0 Å². The summed E-state index contributed by atoms with van der Waals surface area (Å²) in [6.07, 6.45) is 0. The number of hydrogen-bond acceptors (Lipinski definition) is 2. The van der Waals surface area contributed by atoms with E-state index in [-0.39, 0.29) is 5.97 Å². The molecule has 0 aliphatic carbocycles. The van der Waals surface area contributed by atoms with Crippen LogP contribution in [0, 0.1) is 3.57 Å². The first-order valence-corrected chi connectivity index (χ1v) is 6.13. The third kappa shape index (κ3) is 2.84. The Bertz CT molecular complexity index is 368. The molecule has 0 aliphatic heterocycles. The zero-order valence-corrected chi connectivity index (χ0v) is 11.8. The van der Waals surface area contributed by atoms with Crippen LogP contribution < -0.4 is 0 Å². The Morgan fingerprint density at radius 2 is 2.29 bits per heavy atom. The Balaban J connectivity index is 3.13. The van der Waals surface area contributed by atoms with Gasteiger partial charge in [-0.2, -0.15) is 0 Å². The van der Waals surface area contributed by atoms with Crippen molar-refractivity contribution in [2.24, 2.45) is 0 Å². The summed E-state index contributed by atoms with van der Waals surface area (Å²) in [6, 6.07) is 3.44.